The third-order valence-electron chi connectivity index (χ3n) is 3.78. The molecule has 1 aromatic carbocycles. The van der Waals surface area contributed by atoms with E-state index in [0.717, 1.165) is 6.07 Å². The zero-order valence-electron chi connectivity index (χ0n) is 12.9. The van der Waals surface area contributed by atoms with Crippen molar-refractivity contribution in [3.05, 3.63) is 35.4 Å². The van der Waals surface area contributed by atoms with Gasteiger partial charge in [0.1, 0.15) is 0 Å². The van der Waals surface area contributed by atoms with Crippen molar-refractivity contribution in [2.24, 2.45) is 5.41 Å². The highest BCUT2D eigenvalue weighted by Crippen LogP contribution is 2.66. The molecule has 0 bridgehead atoms. The molecule has 0 saturated carbocycles. The minimum atomic E-state index is -7.68. The Balaban J connectivity index is 3.90. The first-order valence-electron chi connectivity index (χ1n) is 6.71. The van der Waals surface area contributed by atoms with Crippen LogP contribution in [0.25, 0.3) is 0 Å². The fourth-order valence-electron chi connectivity index (χ4n) is 2.33. The van der Waals surface area contributed by atoms with Crippen molar-refractivity contribution < 1.29 is 57.1 Å². The summed E-state index contributed by atoms with van der Waals surface area (Å²) in [5.41, 5.74) is -8.80. The van der Waals surface area contributed by atoms with Crippen LogP contribution in [0.4, 0.5) is 57.1 Å². The lowest BCUT2D eigenvalue weighted by Gasteiger charge is -2.45. The van der Waals surface area contributed by atoms with Gasteiger partial charge in [-0.1, -0.05) is 12.1 Å². The van der Waals surface area contributed by atoms with Crippen LogP contribution in [0.5, 0.6) is 0 Å². The van der Waals surface area contributed by atoms with Crippen LogP contribution in [0.1, 0.15) is 11.1 Å². The highest BCUT2D eigenvalue weighted by molar-refractivity contribution is 5.34. The molecule has 0 N–H and O–H groups in total. The van der Waals surface area contributed by atoms with E-state index in [9.17, 15) is 57.1 Å². The molecular formula is C14H6F13N. The molecule has 0 atom stereocenters. The summed E-state index contributed by atoms with van der Waals surface area (Å²) in [6, 6.07) is 3.29. The zero-order valence-corrected chi connectivity index (χ0v) is 12.9. The van der Waals surface area contributed by atoms with Gasteiger partial charge in [0.2, 0.25) is 5.41 Å². The Kier molecular flexibility index (Phi) is 5.70. The summed E-state index contributed by atoms with van der Waals surface area (Å²) in [5, 5.41) is 8.56. The first-order valence-corrected chi connectivity index (χ1v) is 6.71. The Hall–Kier alpha value is -2.20. The van der Waals surface area contributed by atoms with E-state index in [2.05, 4.69) is 0 Å². The number of hydrogen-bond donors (Lipinski definition) is 0. The summed E-state index contributed by atoms with van der Waals surface area (Å²) in [6.45, 7) is 0. The third kappa shape index (κ3) is 3.46. The van der Waals surface area contributed by atoms with Crippen LogP contribution in [0, 0.1) is 16.7 Å². The number of rotatable bonds is 4. The molecule has 1 aromatic rings. The van der Waals surface area contributed by atoms with Crippen LogP contribution in [-0.2, 0) is 6.42 Å². The molecule has 1 rings (SSSR count). The normalized spacial score (nSPS) is 14.7. The van der Waals surface area contributed by atoms with Crippen LogP contribution in [0.3, 0.4) is 0 Å². The third-order valence-corrected chi connectivity index (χ3v) is 3.78. The van der Waals surface area contributed by atoms with Gasteiger partial charge < -0.3 is 0 Å². The number of alkyl halides is 13. The maximum atomic E-state index is 13.9. The standard InChI is InChI=1S/C14H6F13N/c15-10(16,11(17,18)14(25,26)27)9(12(19,20)21,13(22,23)24)5-7-2-1-3-8(4-7)6-28/h1-4H,5H2. The lowest BCUT2D eigenvalue weighted by molar-refractivity contribution is -0.460. The van der Waals surface area contributed by atoms with Crippen molar-refractivity contribution in [2.45, 2.75) is 36.8 Å². The Morgan fingerprint density at radius 3 is 1.50 bits per heavy atom. The van der Waals surface area contributed by atoms with Crippen LogP contribution >= 0.6 is 0 Å². The Morgan fingerprint density at radius 1 is 0.679 bits per heavy atom. The summed E-state index contributed by atoms with van der Waals surface area (Å²) < 4.78 is 170. The second kappa shape index (κ2) is 6.70. The van der Waals surface area contributed by atoms with E-state index in [1.165, 1.54) is 6.07 Å². The number of hydrogen-bond acceptors (Lipinski definition) is 1. The van der Waals surface area contributed by atoms with E-state index in [1.807, 2.05) is 0 Å². The first kappa shape index (κ1) is 23.8. The van der Waals surface area contributed by atoms with Gasteiger partial charge >= 0.3 is 30.4 Å². The summed E-state index contributed by atoms with van der Waals surface area (Å²) in [5.74, 6) is -15.4. The second-order valence-electron chi connectivity index (χ2n) is 5.54. The second-order valence-corrected chi connectivity index (χ2v) is 5.54. The average Bonchev–Trinajstić information content (AvgIpc) is 2.48. The smallest absolute Gasteiger partial charge is 0.198 e. The lowest BCUT2D eigenvalue weighted by Crippen LogP contribution is -2.71. The minimum absolute atomic E-state index is 0.230. The molecular weight excluding hydrogens is 429 g/mol. The van der Waals surface area contributed by atoms with Crippen molar-refractivity contribution in [3.63, 3.8) is 0 Å². The van der Waals surface area contributed by atoms with E-state index < -0.39 is 53.3 Å². The molecule has 0 spiro atoms. The Bertz CT molecular complexity index is 734. The molecule has 0 radical (unpaired) electrons. The minimum Gasteiger partial charge on any atom is -0.198 e. The van der Waals surface area contributed by atoms with Crippen LogP contribution in [-0.4, -0.2) is 30.4 Å². The molecule has 0 amide bonds. The molecule has 0 fully saturated rings. The van der Waals surface area contributed by atoms with E-state index in [1.54, 1.807) is 0 Å². The van der Waals surface area contributed by atoms with Gasteiger partial charge in [-0.05, 0) is 17.7 Å². The fraction of sp³-hybridized carbons (Fsp3) is 0.500. The number of nitrogens with zero attached hydrogens (tertiary/aromatic N) is 1. The van der Waals surface area contributed by atoms with Crippen molar-refractivity contribution in [2.75, 3.05) is 0 Å². The monoisotopic (exact) mass is 435 g/mol. The van der Waals surface area contributed by atoms with Crippen molar-refractivity contribution >= 4 is 0 Å². The van der Waals surface area contributed by atoms with Gasteiger partial charge in [-0.15, -0.1) is 0 Å². The largest absolute Gasteiger partial charge is 0.459 e. The highest BCUT2D eigenvalue weighted by atomic mass is 19.4. The molecule has 14 heteroatoms. The fourth-order valence-corrected chi connectivity index (χ4v) is 2.33. The maximum absolute atomic E-state index is 13.9. The van der Waals surface area contributed by atoms with Crippen LogP contribution in [0.2, 0.25) is 0 Å². The summed E-state index contributed by atoms with van der Waals surface area (Å²) in [6.07, 6.45) is -25.0. The van der Waals surface area contributed by atoms with Crippen molar-refractivity contribution in [3.8, 4) is 6.07 Å². The SMILES string of the molecule is N#Cc1cccc(CC(C(F)(F)F)(C(F)(F)F)C(F)(F)C(F)(F)C(F)(F)F)c1. The number of halogens is 13. The quantitative estimate of drug-likeness (QED) is 0.529. The van der Waals surface area contributed by atoms with Gasteiger partial charge in [-0.3, -0.25) is 0 Å². The average molecular weight is 435 g/mol. The van der Waals surface area contributed by atoms with Gasteiger partial charge in [0, 0.05) is 6.42 Å². The molecule has 0 aliphatic carbocycles. The molecule has 0 heterocycles. The maximum Gasteiger partial charge on any atom is 0.459 e. The van der Waals surface area contributed by atoms with Gasteiger partial charge in [0.25, 0.3) is 0 Å². The van der Waals surface area contributed by atoms with E-state index >= 15 is 0 Å². The lowest BCUT2D eigenvalue weighted by atomic mass is 9.71. The van der Waals surface area contributed by atoms with Gasteiger partial charge in [-0.2, -0.15) is 62.3 Å². The topological polar surface area (TPSA) is 23.8 Å². The van der Waals surface area contributed by atoms with Gasteiger partial charge in [0.15, 0.2) is 0 Å². The van der Waals surface area contributed by atoms with Crippen LogP contribution in [0.15, 0.2) is 24.3 Å². The summed E-state index contributed by atoms with van der Waals surface area (Å²) in [4.78, 5) is 0. The number of nitriles is 1. The van der Waals surface area contributed by atoms with E-state index in [4.69, 9.17) is 5.26 Å². The first-order chi connectivity index (χ1) is 12.3. The van der Waals surface area contributed by atoms with Crippen molar-refractivity contribution in [1.29, 1.82) is 5.26 Å². The predicted molar refractivity (Wildman–Crippen MR) is 65.4 cm³/mol. The Morgan fingerprint density at radius 2 is 1.14 bits per heavy atom. The van der Waals surface area contributed by atoms with Gasteiger partial charge in [0.05, 0.1) is 11.6 Å². The molecule has 0 saturated heterocycles. The van der Waals surface area contributed by atoms with E-state index in [-0.39, 0.29) is 6.07 Å². The molecule has 28 heavy (non-hydrogen) atoms. The van der Waals surface area contributed by atoms with E-state index in [0.29, 0.717) is 12.1 Å². The molecule has 1 nitrogen and oxygen atoms in total. The van der Waals surface area contributed by atoms with Gasteiger partial charge in [-0.25, -0.2) is 0 Å². The molecule has 158 valence electrons. The summed E-state index contributed by atoms with van der Waals surface area (Å²) >= 11 is 0. The Labute approximate surface area is 147 Å². The number of benzene rings is 1. The molecule has 0 aliphatic rings. The molecule has 0 aliphatic heterocycles. The van der Waals surface area contributed by atoms with Crippen molar-refractivity contribution in [1.82, 2.24) is 0 Å². The highest BCUT2D eigenvalue weighted by Gasteiger charge is 2.91. The zero-order chi connectivity index (χ0) is 22.4. The molecule has 0 unspecified atom stereocenters. The summed E-state index contributed by atoms with van der Waals surface area (Å²) in [7, 11) is 0. The molecule has 0 aromatic heterocycles. The predicted octanol–water partition coefficient (Wildman–Crippen LogP) is 6.04. The van der Waals surface area contributed by atoms with Crippen LogP contribution < -0.4 is 0 Å².